The van der Waals surface area contributed by atoms with Gasteiger partial charge in [-0.2, -0.15) is 0 Å². The number of carbonyl (C=O) groups excluding carboxylic acids is 1. The molecular weight excluding hydrogens is 321 g/mol. The van der Waals surface area contributed by atoms with Gasteiger partial charge in [-0.1, -0.05) is 6.92 Å². The number of aryl methyl sites for hydroxylation is 1. The third kappa shape index (κ3) is 3.26. The molecule has 1 aliphatic heterocycles. The van der Waals surface area contributed by atoms with Crippen molar-refractivity contribution in [2.75, 3.05) is 5.32 Å². The zero-order valence-corrected chi connectivity index (χ0v) is 14.6. The lowest BCUT2D eigenvalue weighted by Crippen LogP contribution is -2.35. The van der Waals surface area contributed by atoms with Gasteiger partial charge in [0, 0.05) is 36.6 Å². The van der Waals surface area contributed by atoms with Crippen LogP contribution < -0.4 is 11.1 Å². The van der Waals surface area contributed by atoms with Crippen molar-refractivity contribution in [3.05, 3.63) is 47.8 Å². The average Bonchev–Trinajstić information content (AvgIpc) is 2.99. The first kappa shape index (κ1) is 17.1. The van der Waals surface area contributed by atoms with E-state index in [-0.39, 0.29) is 23.5 Å². The second-order valence-electron chi connectivity index (χ2n) is 6.76. The van der Waals surface area contributed by atoms with Crippen LogP contribution in [0, 0.1) is 11.7 Å². The van der Waals surface area contributed by atoms with E-state index in [1.54, 1.807) is 30.1 Å². The Bertz CT molecular complexity index is 844. The van der Waals surface area contributed by atoms with E-state index in [9.17, 15) is 9.18 Å². The average molecular weight is 343 g/mol. The number of aromatic nitrogens is 2. The van der Waals surface area contributed by atoms with Crippen molar-refractivity contribution in [1.82, 2.24) is 9.55 Å². The first-order valence-electron chi connectivity index (χ1n) is 8.24. The molecule has 25 heavy (non-hydrogen) atoms. The number of carbonyl (C=O) groups is 1. The third-order valence-electron chi connectivity index (χ3n) is 4.77. The third-order valence-corrected chi connectivity index (χ3v) is 4.77. The van der Waals surface area contributed by atoms with E-state index in [1.807, 2.05) is 13.8 Å². The first-order chi connectivity index (χ1) is 11.8. The van der Waals surface area contributed by atoms with Gasteiger partial charge in [-0.25, -0.2) is 9.37 Å². The number of amides is 1. The lowest BCUT2D eigenvalue weighted by Gasteiger charge is -2.33. The highest BCUT2D eigenvalue weighted by atomic mass is 19.1. The maximum Gasteiger partial charge on any atom is 0.291 e. The van der Waals surface area contributed by atoms with Crippen molar-refractivity contribution >= 4 is 17.4 Å². The van der Waals surface area contributed by atoms with Gasteiger partial charge in [-0.3, -0.25) is 9.79 Å². The largest absolute Gasteiger partial charge is 0.387 e. The van der Waals surface area contributed by atoms with E-state index in [2.05, 4.69) is 15.3 Å². The Morgan fingerprint density at radius 3 is 2.88 bits per heavy atom. The molecule has 1 aromatic carbocycles. The Balaban J connectivity index is 1.91. The molecule has 3 N–H and O–H groups in total. The number of hydrogen-bond acceptors (Lipinski definition) is 4. The molecule has 2 atom stereocenters. The fourth-order valence-corrected chi connectivity index (χ4v) is 3.08. The highest BCUT2D eigenvalue weighted by Crippen LogP contribution is 2.38. The number of rotatable bonds is 3. The number of nitrogens with one attached hydrogen (secondary N) is 1. The Labute approximate surface area is 146 Å². The Hall–Kier alpha value is -2.70. The lowest BCUT2D eigenvalue weighted by molar-refractivity contribution is 0.101. The van der Waals surface area contributed by atoms with E-state index in [4.69, 9.17) is 5.73 Å². The van der Waals surface area contributed by atoms with Crippen LogP contribution in [0.15, 0.2) is 35.6 Å². The normalized spacial score (nSPS) is 23.2. The molecule has 1 aliphatic rings. The van der Waals surface area contributed by atoms with Crippen molar-refractivity contribution in [2.24, 2.45) is 23.7 Å². The summed E-state index contributed by atoms with van der Waals surface area (Å²) < 4.78 is 16.1. The van der Waals surface area contributed by atoms with E-state index in [1.165, 1.54) is 12.1 Å². The molecule has 0 aliphatic carbocycles. The standard InChI is InChI=1S/C18H22FN5O/c1-11-6-7-18(2,23-15(11)20)13-10-12(4-5-14(13)19)22-17(25)16-21-8-9-24(16)3/h4-5,8-11H,6-7H2,1-3H3,(H2,20,23)(H,22,25)/t11-,18-/m0/s1. The molecule has 1 aromatic heterocycles. The molecule has 0 fully saturated rings. The summed E-state index contributed by atoms with van der Waals surface area (Å²) in [5.74, 6) is 0.308. The Kier molecular flexibility index (Phi) is 4.32. The Morgan fingerprint density at radius 2 is 2.24 bits per heavy atom. The quantitative estimate of drug-likeness (QED) is 0.898. The van der Waals surface area contributed by atoms with Crippen LogP contribution in [0.2, 0.25) is 0 Å². The number of aliphatic imine (C=N–C) groups is 1. The molecule has 0 saturated heterocycles. The van der Waals surface area contributed by atoms with Crippen molar-refractivity contribution in [3.63, 3.8) is 0 Å². The summed E-state index contributed by atoms with van der Waals surface area (Å²) in [5, 5.41) is 2.76. The number of imidazole rings is 1. The summed E-state index contributed by atoms with van der Waals surface area (Å²) in [7, 11) is 1.74. The number of amidine groups is 1. The maximum absolute atomic E-state index is 14.5. The second-order valence-corrected chi connectivity index (χ2v) is 6.76. The number of benzene rings is 1. The highest BCUT2D eigenvalue weighted by molar-refractivity contribution is 6.01. The Morgan fingerprint density at radius 1 is 1.48 bits per heavy atom. The van der Waals surface area contributed by atoms with Crippen molar-refractivity contribution < 1.29 is 9.18 Å². The lowest BCUT2D eigenvalue weighted by atomic mass is 9.82. The number of nitrogens with zero attached hydrogens (tertiary/aromatic N) is 3. The molecule has 0 saturated carbocycles. The summed E-state index contributed by atoms with van der Waals surface area (Å²) in [6, 6.07) is 4.50. The van der Waals surface area contributed by atoms with Crippen molar-refractivity contribution in [1.29, 1.82) is 0 Å². The molecule has 2 aromatic rings. The summed E-state index contributed by atoms with van der Waals surface area (Å²) in [6.45, 7) is 3.88. The molecule has 6 nitrogen and oxygen atoms in total. The molecule has 132 valence electrons. The first-order valence-corrected chi connectivity index (χ1v) is 8.24. The van der Waals surface area contributed by atoms with Gasteiger partial charge in [-0.05, 0) is 38.0 Å². The predicted molar refractivity (Wildman–Crippen MR) is 94.9 cm³/mol. The van der Waals surface area contributed by atoms with Gasteiger partial charge in [-0.15, -0.1) is 0 Å². The highest BCUT2D eigenvalue weighted by Gasteiger charge is 2.34. The summed E-state index contributed by atoms with van der Waals surface area (Å²) in [6.07, 6.45) is 4.77. The molecular formula is C18H22FN5O. The zero-order chi connectivity index (χ0) is 18.2. The van der Waals surface area contributed by atoms with Crippen molar-refractivity contribution in [3.8, 4) is 0 Å². The molecule has 0 spiro atoms. The SMILES string of the molecule is C[C@H]1CC[C@@](C)(c2cc(NC(=O)c3nccn3C)ccc2F)N=C1N. The summed E-state index contributed by atoms with van der Waals surface area (Å²) in [4.78, 5) is 20.9. The van der Waals surface area contributed by atoms with Crippen LogP contribution in [0.3, 0.4) is 0 Å². The minimum atomic E-state index is -0.732. The van der Waals surface area contributed by atoms with Gasteiger partial charge in [0.15, 0.2) is 5.82 Å². The van der Waals surface area contributed by atoms with Gasteiger partial charge in [0.2, 0.25) is 0 Å². The van der Waals surface area contributed by atoms with Gasteiger partial charge < -0.3 is 15.6 Å². The monoisotopic (exact) mass is 343 g/mol. The fraction of sp³-hybridized carbons (Fsp3) is 0.389. The van der Waals surface area contributed by atoms with E-state index >= 15 is 0 Å². The summed E-state index contributed by atoms with van der Waals surface area (Å²) in [5.41, 5.74) is 6.18. The number of hydrogen-bond donors (Lipinski definition) is 2. The molecule has 2 heterocycles. The molecule has 0 unspecified atom stereocenters. The van der Waals surface area contributed by atoms with Crippen LogP contribution >= 0.6 is 0 Å². The summed E-state index contributed by atoms with van der Waals surface area (Å²) >= 11 is 0. The fourth-order valence-electron chi connectivity index (χ4n) is 3.08. The van der Waals surface area contributed by atoms with Crippen molar-refractivity contribution in [2.45, 2.75) is 32.2 Å². The number of halogens is 1. The van der Waals surface area contributed by atoms with Gasteiger partial charge >= 0.3 is 0 Å². The number of nitrogens with two attached hydrogens (primary N) is 1. The van der Waals surface area contributed by atoms with Crippen LogP contribution in [0.1, 0.15) is 42.9 Å². The minimum Gasteiger partial charge on any atom is -0.387 e. The molecule has 1 amide bonds. The maximum atomic E-state index is 14.5. The van der Waals surface area contributed by atoms with Gasteiger partial charge in [0.05, 0.1) is 11.4 Å². The van der Waals surface area contributed by atoms with Crippen LogP contribution in [0.25, 0.3) is 0 Å². The van der Waals surface area contributed by atoms with Crippen LogP contribution in [-0.2, 0) is 12.6 Å². The molecule has 0 radical (unpaired) electrons. The predicted octanol–water partition coefficient (Wildman–Crippen LogP) is 2.81. The zero-order valence-electron chi connectivity index (χ0n) is 14.6. The molecule has 3 rings (SSSR count). The molecule has 0 bridgehead atoms. The van der Waals surface area contributed by atoms with Crippen LogP contribution in [0.5, 0.6) is 0 Å². The van der Waals surface area contributed by atoms with Crippen LogP contribution in [-0.4, -0.2) is 21.3 Å². The van der Waals surface area contributed by atoms with E-state index in [0.717, 1.165) is 6.42 Å². The topological polar surface area (TPSA) is 85.3 Å². The van der Waals surface area contributed by atoms with E-state index < -0.39 is 5.54 Å². The molecule has 7 heteroatoms. The van der Waals surface area contributed by atoms with Gasteiger partial charge in [0.25, 0.3) is 5.91 Å². The van der Waals surface area contributed by atoms with E-state index in [0.29, 0.717) is 23.5 Å². The van der Waals surface area contributed by atoms with Gasteiger partial charge in [0.1, 0.15) is 5.82 Å². The minimum absolute atomic E-state index is 0.197. The smallest absolute Gasteiger partial charge is 0.291 e. The van der Waals surface area contributed by atoms with Crippen LogP contribution in [0.4, 0.5) is 10.1 Å². The second kappa shape index (κ2) is 6.31. The number of anilines is 1.